The van der Waals surface area contributed by atoms with Crippen LogP contribution in [0.5, 0.6) is 11.5 Å². The highest BCUT2D eigenvalue weighted by Crippen LogP contribution is 2.32. The number of amidine groups is 1. The number of ether oxygens (including phenoxy) is 2. The zero-order chi connectivity index (χ0) is 20.1. The molecular weight excluding hydrogens is 382 g/mol. The van der Waals surface area contributed by atoms with Crippen molar-refractivity contribution in [2.24, 2.45) is 4.99 Å². The van der Waals surface area contributed by atoms with Crippen LogP contribution in [0.15, 0.2) is 47.5 Å². The van der Waals surface area contributed by atoms with Gasteiger partial charge in [0.15, 0.2) is 16.7 Å². The molecule has 0 radical (unpaired) electrons. The van der Waals surface area contributed by atoms with E-state index in [9.17, 15) is 14.9 Å². The van der Waals surface area contributed by atoms with Crippen molar-refractivity contribution < 1.29 is 19.2 Å². The summed E-state index contributed by atoms with van der Waals surface area (Å²) in [7, 11) is 3.10. The second-order valence-corrected chi connectivity index (χ2v) is 6.96. The van der Waals surface area contributed by atoms with Gasteiger partial charge in [-0.25, -0.2) is 4.99 Å². The minimum Gasteiger partial charge on any atom is -0.493 e. The summed E-state index contributed by atoms with van der Waals surface area (Å²) in [5.41, 5.74) is 0.768. The number of methoxy groups -OCH3 is 2. The van der Waals surface area contributed by atoms with Gasteiger partial charge in [0.05, 0.1) is 24.8 Å². The molecule has 0 spiro atoms. The fourth-order valence-corrected chi connectivity index (χ4v) is 3.71. The first kappa shape index (κ1) is 19.7. The van der Waals surface area contributed by atoms with Crippen molar-refractivity contribution >= 4 is 34.2 Å². The van der Waals surface area contributed by atoms with E-state index in [-0.39, 0.29) is 17.2 Å². The van der Waals surface area contributed by atoms with E-state index in [4.69, 9.17) is 9.47 Å². The third kappa shape index (κ3) is 4.25. The van der Waals surface area contributed by atoms with Crippen LogP contribution in [-0.2, 0) is 0 Å². The Bertz CT molecular complexity index is 932. The Morgan fingerprint density at radius 3 is 2.68 bits per heavy atom. The van der Waals surface area contributed by atoms with E-state index in [1.807, 2.05) is 0 Å². The number of hydrogen-bond acceptors (Lipinski definition) is 7. The molecule has 0 N–H and O–H groups in total. The van der Waals surface area contributed by atoms with Crippen molar-refractivity contribution in [3.63, 3.8) is 0 Å². The van der Waals surface area contributed by atoms with Crippen LogP contribution in [0.2, 0.25) is 0 Å². The number of thioether (sulfide) groups is 1. The van der Waals surface area contributed by atoms with E-state index in [2.05, 4.69) is 4.99 Å². The summed E-state index contributed by atoms with van der Waals surface area (Å²) in [6.07, 6.45) is 0.816. The van der Waals surface area contributed by atoms with E-state index < -0.39 is 4.92 Å². The Morgan fingerprint density at radius 1 is 1.18 bits per heavy atom. The molecular formula is C19H19N3O5S. The first-order chi connectivity index (χ1) is 13.5. The number of nitro groups is 1. The molecule has 8 nitrogen and oxygen atoms in total. The van der Waals surface area contributed by atoms with Crippen molar-refractivity contribution in [1.82, 2.24) is 4.90 Å². The van der Waals surface area contributed by atoms with Gasteiger partial charge in [-0.3, -0.25) is 19.8 Å². The van der Waals surface area contributed by atoms with E-state index >= 15 is 0 Å². The number of amides is 1. The lowest BCUT2D eigenvalue weighted by Crippen LogP contribution is -2.39. The molecule has 0 unspecified atom stereocenters. The molecule has 0 saturated carbocycles. The molecule has 1 saturated heterocycles. The molecule has 0 aromatic heterocycles. The van der Waals surface area contributed by atoms with Crippen LogP contribution in [0.1, 0.15) is 16.8 Å². The number of non-ortho nitro benzene ring substituents is 1. The van der Waals surface area contributed by atoms with Gasteiger partial charge in [0.25, 0.3) is 11.6 Å². The van der Waals surface area contributed by atoms with Gasteiger partial charge in [-0.2, -0.15) is 0 Å². The van der Waals surface area contributed by atoms with Gasteiger partial charge < -0.3 is 9.47 Å². The second kappa shape index (κ2) is 8.75. The lowest BCUT2D eigenvalue weighted by atomic mass is 10.1. The van der Waals surface area contributed by atoms with E-state index in [1.165, 1.54) is 30.0 Å². The molecule has 1 fully saturated rings. The maximum absolute atomic E-state index is 13.0. The quantitative estimate of drug-likeness (QED) is 0.557. The summed E-state index contributed by atoms with van der Waals surface area (Å²) < 4.78 is 10.5. The van der Waals surface area contributed by atoms with Crippen LogP contribution in [0.4, 0.5) is 11.4 Å². The Morgan fingerprint density at radius 2 is 1.96 bits per heavy atom. The highest BCUT2D eigenvalue weighted by molar-refractivity contribution is 8.13. The molecule has 1 aliphatic rings. The highest BCUT2D eigenvalue weighted by atomic mass is 32.2. The predicted octanol–water partition coefficient (Wildman–Crippen LogP) is 3.88. The Kier molecular flexibility index (Phi) is 6.15. The predicted molar refractivity (Wildman–Crippen MR) is 108 cm³/mol. The number of hydrogen-bond donors (Lipinski definition) is 0. The second-order valence-electron chi connectivity index (χ2n) is 5.90. The number of nitro benzene ring substituents is 1. The van der Waals surface area contributed by atoms with Gasteiger partial charge in [0, 0.05) is 36.1 Å². The molecule has 2 aromatic carbocycles. The Hall–Kier alpha value is -3.07. The number of nitrogens with zero attached hydrogens (tertiary/aromatic N) is 3. The van der Waals surface area contributed by atoms with Crippen LogP contribution < -0.4 is 9.47 Å². The number of benzene rings is 2. The molecule has 1 amide bonds. The molecule has 1 heterocycles. The monoisotopic (exact) mass is 401 g/mol. The van der Waals surface area contributed by atoms with Crippen LogP contribution in [0.3, 0.4) is 0 Å². The molecule has 9 heteroatoms. The van der Waals surface area contributed by atoms with Crippen molar-refractivity contribution in [3.8, 4) is 11.5 Å². The smallest absolute Gasteiger partial charge is 0.270 e. The van der Waals surface area contributed by atoms with Gasteiger partial charge in [0.2, 0.25) is 0 Å². The standard InChI is InChI=1S/C19H19N3O5S/c1-26-16-8-7-14(12-17(16)27-2)20-19-21(9-4-10-28-19)18(23)13-5-3-6-15(11-13)22(24)25/h3,5-8,11-12H,4,9-10H2,1-2H3. The lowest BCUT2D eigenvalue weighted by molar-refractivity contribution is -0.384. The SMILES string of the molecule is COc1ccc(N=C2SCCCN2C(=O)c2cccc([N+](=O)[O-])c2)cc1OC. The summed E-state index contributed by atoms with van der Waals surface area (Å²) in [5, 5.41) is 11.6. The minimum atomic E-state index is -0.514. The average Bonchev–Trinajstić information content (AvgIpc) is 2.73. The zero-order valence-electron chi connectivity index (χ0n) is 15.5. The van der Waals surface area contributed by atoms with E-state index in [0.29, 0.717) is 28.9 Å². The van der Waals surface area contributed by atoms with Gasteiger partial charge in [0.1, 0.15) is 0 Å². The maximum atomic E-state index is 13.0. The van der Waals surface area contributed by atoms with Gasteiger partial charge in [-0.15, -0.1) is 0 Å². The maximum Gasteiger partial charge on any atom is 0.270 e. The third-order valence-corrected chi connectivity index (χ3v) is 5.19. The first-order valence-electron chi connectivity index (χ1n) is 8.53. The molecule has 0 atom stereocenters. The number of aliphatic imine (C=N–C) groups is 1. The molecule has 0 aliphatic carbocycles. The van der Waals surface area contributed by atoms with Crippen LogP contribution in [0, 0.1) is 10.1 Å². The fourth-order valence-electron chi connectivity index (χ4n) is 2.75. The topological polar surface area (TPSA) is 94.3 Å². The summed E-state index contributed by atoms with van der Waals surface area (Å²) in [5.74, 6) is 1.66. The largest absolute Gasteiger partial charge is 0.493 e. The van der Waals surface area contributed by atoms with Crippen molar-refractivity contribution in [2.45, 2.75) is 6.42 Å². The molecule has 0 bridgehead atoms. The first-order valence-corrected chi connectivity index (χ1v) is 9.52. The number of carbonyl (C=O) groups is 1. The van der Waals surface area contributed by atoms with Gasteiger partial charge >= 0.3 is 0 Å². The van der Waals surface area contributed by atoms with Crippen LogP contribution >= 0.6 is 11.8 Å². The molecule has 1 aliphatic heterocycles. The number of rotatable bonds is 5. The van der Waals surface area contributed by atoms with Crippen molar-refractivity contribution in [1.29, 1.82) is 0 Å². The summed E-state index contributed by atoms with van der Waals surface area (Å²) in [4.78, 5) is 29.6. The molecule has 146 valence electrons. The molecule has 28 heavy (non-hydrogen) atoms. The fraction of sp³-hybridized carbons (Fsp3) is 0.263. The Labute approximate surface area is 166 Å². The highest BCUT2D eigenvalue weighted by Gasteiger charge is 2.26. The van der Waals surface area contributed by atoms with Crippen molar-refractivity contribution in [2.75, 3.05) is 26.5 Å². The Balaban J connectivity index is 1.92. The van der Waals surface area contributed by atoms with Crippen LogP contribution in [-0.4, -0.2) is 47.4 Å². The van der Waals surface area contributed by atoms with E-state index in [1.54, 1.807) is 43.4 Å². The summed E-state index contributed by atoms with van der Waals surface area (Å²) in [6, 6.07) is 11.0. The number of carbonyl (C=O) groups excluding carboxylic acids is 1. The molecule has 3 rings (SSSR count). The molecule has 2 aromatic rings. The zero-order valence-corrected chi connectivity index (χ0v) is 16.3. The third-order valence-electron chi connectivity index (χ3n) is 4.13. The van der Waals surface area contributed by atoms with Crippen LogP contribution in [0.25, 0.3) is 0 Å². The summed E-state index contributed by atoms with van der Waals surface area (Å²) in [6.45, 7) is 0.501. The van der Waals surface area contributed by atoms with Gasteiger partial charge in [-0.1, -0.05) is 17.8 Å². The minimum absolute atomic E-state index is 0.117. The lowest BCUT2D eigenvalue weighted by Gasteiger charge is -2.27. The van der Waals surface area contributed by atoms with Crippen molar-refractivity contribution in [3.05, 3.63) is 58.1 Å². The van der Waals surface area contributed by atoms with E-state index in [0.717, 1.165) is 12.2 Å². The van der Waals surface area contributed by atoms with Gasteiger partial charge in [-0.05, 0) is 24.6 Å². The average molecular weight is 401 g/mol. The normalized spacial score (nSPS) is 15.4. The summed E-state index contributed by atoms with van der Waals surface area (Å²) >= 11 is 1.47.